The Balaban J connectivity index is 1.97. The predicted octanol–water partition coefficient (Wildman–Crippen LogP) is -0.435. The van der Waals surface area contributed by atoms with Crippen LogP contribution in [-0.2, 0) is 0 Å². The largest absolute Gasteiger partial charge is 0.397 e. The van der Waals surface area contributed by atoms with Crippen LogP contribution in [0.4, 0.5) is 0 Å². The molecule has 1 nitrogen and oxygen atoms in total. The summed E-state index contributed by atoms with van der Waals surface area (Å²) in [5.41, 5.74) is 0. The molecule has 4 heavy (non-hydrogen) atoms. The van der Waals surface area contributed by atoms with E-state index in [2.05, 4.69) is 10.2 Å². The molecule has 23 valence electrons. The minimum Gasteiger partial charge on any atom is -0.397 e. The minimum atomic E-state index is 0.233. The predicted molar refractivity (Wildman–Crippen MR) is 17.6 cm³/mol. The summed E-state index contributed by atoms with van der Waals surface area (Å²) in [6.07, 6.45) is 0. The molecule has 0 heterocycles. The van der Waals surface area contributed by atoms with Crippen molar-refractivity contribution < 1.29 is 5.11 Å². The molecule has 0 amide bonds. The van der Waals surface area contributed by atoms with Crippen molar-refractivity contribution in [2.45, 2.75) is 6.04 Å². The Morgan fingerprint density at radius 1 is 1.75 bits per heavy atom. The Kier molecular flexibility index (Phi) is 3.32. The lowest BCUT2D eigenvalue weighted by Crippen LogP contribution is -1.73. The van der Waals surface area contributed by atoms with Gasteiger partial charge >= 0.3 is 0 Å². The topological polar surface area (TPSA) is 20.2 Å². The fourth-order valence-corrected chi connectivity index (χ4v) is 0. The summed E-state index contributed by atoms with van der Waals surface area (Å²) in [6.45, 7) is 0.233. The zero-order chi connectivity index (χ0) is 3.41. The van der Waals surface area contributed by atoms with Crippen molar-refractivity contribution in [2.75, 3.05) is 6.61 Å². The molecule has 2 heteroatoms. The molecule has 0 saturated carbocycles. The van der Waals surface area contributed by atoms with E-state index in [-0.39, 0.29) is 6.61 Å². The number of hydrogen-bond donors (Lipinski definition) is 1. The van der Waals surface area contributed by atoms with E-state index in [4.69, 9.17) is 5.11 Å². The third-order valence-corrected chi connectivity index (χ3v) is 0.335. The summed E-state index contributed by atoms with van der Waals surface area (Å²) in [7, 11) is 3.04. The van der Waals surface area contributed by atoms with Crippen molar-refractivity contribution in [2.24, 2.45) is 0 Å². The Morgan fingerprint density at radius 3 is 2.00 bits per heavy atom. The van der Waals surface area contributed by atoms with Crippen LogP contribution in [0.15, 0.2) is 0 Å². The molecule has 0 spiro atoms. The average molecular weight is 73.1 g/mol. The van der Waals surface area contributed by atoms with Crippen LogP contribution in [0.3, 0.4) is 0 Å². The first-order chi connectivity index (χ1) is 1.91. The maximum Gasteiger partial charge on any atom is 0.0401 e. The molecule has 0 aromatic rings. The zero-order valence-electron chi connectivity index (χ0n) is 2.36. The summed E-state index contributed by atoms with van der Waals surface area (Å²) in [5, 5.41) is 7.83. The van der Waals surface area contributed by atoms with Crippen molar-refractivity contribution in [3.8, 4) is 0 Å². The van der Waals surface area contributed by atoms with Gasteiger partial charge in [0.05, 0.1) is 0 Å². The second-order valence-electron chi connectivity index (χ2n) is 0.474. The van der Waals surface area contributed by atoms with E-state index in [1.807, 2.05) is 0 Å². The van der Waals surface area contributed by atoms with Crippen LogP contribution in [0, 0.1) is 0 Å². The Morgan fingerprint density at radius 2 is 2.00 bits per heavy atom. The Bertz CT molecular complexity index is 8.00. The molecule has 0 unspecified atom stereocenters. The molecule has 3 radical (unpaired) electrons. The van der Waals surface area contributed by atoms with E-state index in [0.29, 0.717) is 6.04 Å². The van der Waals surface area contributed by atoms with Crippen molar-refractivity contribution in [1.29, 1.82) is 0 Å². The monoisotopic (exact) mass is 73.0 g/mol. The maximum atomic E-state index is 7.83. The molecule has 0 aliphatic heterocycles. The van der Waals surface area contributed by atoms with Gasteiger partial charge in [0.2, 0.25) is 0 Å². The fraction of sp³-hybridized carbons (Fsp3) is 1.00. The number of aliphatic hydroxyl groups excluding tert-OH is 1. The zero-order valence-corrected chi connectivity index (χ0v) is 3.36. The first kappa shape index (κ1) is 4.18. The molecule has 0 aromatic carbocycles. The first-order valence-electron chi connectivity index (χ1n) is 1.17. The van der Waals surface area contributed by atoms with Gasteiger partial charge in [0.15, 0.2) is 0 Å². The van der Waals surface area contributed by atoms with Gasteiger partial charge in [-0.15, -0.1) is 0 Å². The molecule has 0 fully saturated rings. The smallest absolute Gasteiger partial charge is 0.0401 e. The van der Waals surface area contributed by atoms with E-state index < -0.39 is 0 Å². The molecular weight excluding hydrogens is 68.1 g/mol. The van der Waals surface area contributed by atoms with Crippen molar-refractivity contribution in [3.05, 3.63) is 0 Å². The SMILES string of the molecule is OCC[Si]. The highest BCUT2D eigenvalue weighted by Crippen LogP contribution is 1.56. The first-order valence-corrected chi connectivity index (χ1v) is 1.88. The number of aliphatic hydroxyl groups is 1. The normalized spacial score (nSPS) is 7.50. The Hall–Kier alpha value is 0.177. The second kappa shape index (κ2) is 3.18. The third-order valence-electron chi connectivity index (χ3n) is 0.112. The lowest BCUT2D eigenvalue weighted by molar-refractivity contribution is 0.319. The standard InChI is InChI=1S/C2H5OSi/c3-1-2-4/h3H,1-2H2. The fourth-order valence-electron chi connectivity index (χ4n) is 0. The quantitative estimate of drug-likeness (QED) is 0.417. The van der Waals surface area contributed by atoms with Crippen molar-refractivity contribution in [1.82, 2.24) is 0 Å². The molecule has 0 rings (SSSR count). The molecule has 0 aromatic heterocycles. The van der Waals surface area contributed by atoms with Gasteiger partial charge in [0.1, 0.15) is 0 Å². The highest BCUT2D eigenvalue weighted by molar-refractivity contribution is 6.08. The third kappa shape index (κ3) is 2.18. The molecule has 0 atom stereocenters. The summed E-state index contributed by atoms with van der Waals surface area (Å²) in [6, 6.07) is 0.681. The van der Waals surface area contributed by atoms with Crippen LogP contribution in [0.25, 0.3) is 0 Å². The van der Waals surface area contributed by atoms with Crippen LogP contribution in [0.5, 0.6) is 0 Å². The van der Waals surface area contributed by atoms with Gasteiger partial charge < -0.3 is 5.11 Å². The van der Waals surface area contributed by atoms with Gasteiger partial charge in [-0.05, 0) is 6.04 Å². The van der Waals surface area contributed by atoms with Crippen LogP contribution in [0.2, 0.25) is 6.04 Å². The van der Waals surface area contributed by atoms with Gasteiger partial charge in [0, 0.05) is 16.8 Å². The van der Waals surface area contributed by atoms with Crippen molar-refractivity contribution >= 4 is 10.2 Å². The van der Waals surface area contributed by atoms with Gasteiger partial charge in [-0.1, -0.05) is 0 Å². The van der Waals surface area contributed by atoms with E-state index in [1.165, 1.54) is 0 Å². The van der Waals surface area contributed by atoms with E-state index in [1.54, 1.807) is 0 Å². The second-order valence-corrected chi connectivity index (χ2v) is 0.974. The van der Waals surface area contributed by atoms with Crippen molar-refractivity contribution in [3.63, 3.8) is 0 Å². The average Bonchev–Trinajstić information content (AvgIpc) is 1.37. The van der Waals surface area contributed by atoms with E-state index in [0.717, 1.165) is 0 Å². The summed E-state index contributed by atoms with van der Waals surface area (Å²) < 4.78 is 0. The molecule has 0 saturated heterocycles. The number of hydrogen-bond acceptors (Lipinski definition) is 1. The Labute approximate surface area is 29.1 Å². The lowest BCUT2D eigenvalue weighted by Gasteiger charge is -1.68. The van der Waals surface area contributed by atoms with Crippen LogP contribution < -0.4 is 0 Å². The minimum absolute atomic E-state index is 0.233. The summed E-state index contributed by atoms with van der Waals surface area (Å²) >= 11 is 0. The highest BCUT2D eigenvalue weighted by atomic mass is 28.1. The molecule has 0 aliphatic rings. The molecule has 1 N–H and O–H groups in total. The molecular formula is C2H5OSi. The molecule has 0 aliphatic carbocycles. The van der Waals surface area contributed by atoms with E-state index >= 15 is 0 Å². The number of rotatable bonds is 1. The van der Waals surface area contributed by atoms with Gasteiger partial charge in [0.25, 0.3) is 0 Å². The van der Waals surface area contributed by atoms with Gasteiger partial charge in [-0.25, -0.2) is 0 Å². The maximum absolute atomic E-state index is 7.83. The lowest BCUT2D eigenvalue weighted by atomic mass is 10.9. The van der Waals surface area contributed by atoms with Crippen LogP contribution in [0.1, 0.15) is 0 Å². The summed E-state index contributed by atoms with van der Waals surface area (Å²) in [5.74, 6) is 0. The summed E-state index contributed by atoms with van der Waals surface area (Å²) in [4.78, 5) is 0. The van der Waals surface area contributed by atoms with E-state index in [9.17, 15) is 0 Å². The van der Waals surface area contributed by atoms with Gasteiger partial charge in [-0.3, -0.25) is 0 Å². The van der Waals surface area contributed by atoms with Gasteiger partial charge in [-0.2, -0.15) is 0 Å². The molecule has 0 bridgehead atoms. The van der Waals surface area contributed by atoms with Crippen LogP contribution >= 0.6 is 0 Å². The highest BCUT2D eigenvalue weighted by Gasteiger charge is 1.58. The van der Waals surface area contributed by atoms with Crippen LogP contribution in [-0.4, -0.2) is 22.0 Å².